The van der Waals surface area contributed by atoms with Gasteiger partial charge < -0.3 is 14.2 Å². The molecule has 1 aromatic rings. The highest BCUT2D eigenvalue weighted by Crippen LogP contribution is 2.48. The average Bonchev–Trinajstić information content (AvgIpc) is 2.43. The number of benzene rings is 1. The van der Waals surface area contributed by atoms with Crippen LogP contribution in [0.5, 0.6) is 5.75 Å². The molecule has 0 spiro atoms. The van der Waals surface area contributed by atoms with Crippen molar-refractivity contribution in [2.75, 3.05) is 14.2 Å². The summed E-state index contributed by atoms with van der Waals surface area (Å²) in [6.45, 7) is 15.4. The molecular formula is C20H32O3. The van der Waals surface area contributed by atoms with Gasteiger partial charge in [-0.25, -0.2) is 0 Å². The van der Waals surface area contributed by atoms with Crippen LogP contribution in [0.4, 0.5) is 0 Å². The van der Waals surface area contributed by atoms with E-state index in [1.54, 1.807) is 14.2 Å². The lowest BCUT2D eigenvalue weighted by atomic mass is 9.77. The second kappa shape index (κ2) is 5.78. The molecule has 0 aromatic heterocycles. The Bertz CT molecular complexity index is 578. The van der Waals surface area contributed by atoms with Crippen LogP contribution in [0.1, 0.15) is 77.7 Å². The zero-order chi connectivity index (χ0) is 17.6. The van der Waals surface area contributed by atoms with Gasteiger partial charge in [-0.15, -0.1) is 0 Å². The van der Waals surface area contributed by atoms with Crippen molar-refractivity contribution in [2.45, 2.75) is 77.6 Å². The third-order valence-electron chi connectivity index (χ3n) is 4.73. The Morgan fingerprint density at radius 2 is 1.65 bits per heavy atom. The van der Waals surface area contributed by atoms with E-state index in [1.807, 2.05) is 6.92 Å². The molecule has 1 aliphatic heterocycles. The van der Waals surface area contributed by atoms with E-state index in [1.165, 1.54) is 11.1 Å². The molecule has 0 saturated heterocycles. The minimum Gasteiger partial charge on any atom is -0.462 e. The molecule has 1 heterocycles. The Morgan fingerprint density at radius 1 is 1.04 bits per heavy atom. The highest BCUT2D eigenvalue weighted by atomic mass is 16.7. The van der Waals surface area contributed by atoms with Crippen molar-refractivity contribution in [1.29, 1.82) is 0 Å². The van der Waals surface area contributed by atoms with Crippen LogP contribution >= 0.6 is 0 Å². The zero-order valence-corrected chi connectivity index (χ0v) is 16.2. The average molecular weight is 320 g/mol. The van der Waals surface area contributed by atoms with Crippen LogP contribution in [0.25, 0.3) is 0 Å². The van der Waals surface area contributed by atoms with Gasteiger partial charge in [0.2, 0.25) is 5.79 Å². The summed E-state index contributed by atoms with van der Waals surface area (Å²) in [6, 6.07) is 4.53. The van der Waals surface area contributed by atoms with Gasteiger partial charge in [-0.05, 0) is 22.5 Å². The van der Waals surface area contributed by atoms with E-state index in [4.69, 9.17) is 14.2 Å². The number of fused-ring (bicyclic) bond motifs is 1. The van der Waals surface area contributed by atoms with Gasteiger partial charge in [0.1, 0.15) is 5.75 Å². The van der Waals surface area contributed by atoms with Gasteiger partial charge in [0.05, 0.1) is 6.10 Å². The predicted octanol–water partition coefficient (Wildman–Crippen LogP) is 5.11. The zero-order valence-electron chi connectivity index (χ0n) is 16.2. The topological polar surface area (TPSA) is 27.7 Å². The third-order valence-corrected chi connectivity index (χ3v) is 4.73. The summed E-state index contributed by atoms with van der Waals surface area (Å²) in [5.41, 5.74) is 3.72. The highest BCUT2D eigenvalue weighted by molar-refractivity contribution is 5.52. The summed E-state index contributed by atoms with van der Waals surface area (Å²) in [4.78, 5) is 0. The number of hydrogen-bond donors (Lipinski definition) is 0. The molecule has 0 N–H and O–H groups in total. The van der Waals surface area contributed by atoms with E-state index in [-0.39, 0.29) is 16.9 Å². The van der Waals surface area contributed by atoms with Crippen molar-refractivity contribution in [1.82, 2.24) is 0 Å². The molecule has 23 heavy (non-hydrogen) atoms. The predicted molar refractivity (Wildman–Crippen MR) is 94.3 cm³/mol. The second-order valence-corrected chi connectivity index (χ2v) is 8.81. The molecule has 1 aliphatic rings. The van der Waals surface area contributed by atoms with Gasteiger partial charge >= 0.3 is 0 Å². The first-order valence-electron chi connectivity index (χ1n) is 8.37. The Kier molecular flexibility index (Phi) is 4.60. The molecule has 0 amide bonds. The summed E-state index contributed by atoms with van der Waals surface area (Å²) in [5.74, 6) is 0.268. The number of methoxy groups -OCH3 is 2. The molecule has 2 unspecified atom stereocenters. The van der Waals surface area contributed by atoms with Crippen LogP contribution in [0.3, 0.4) is 0 Å². The Hall–Kier alpha value is -1.06. The van der Waals surface area contributed by atoms with Crippen LogP contribution in [-0.2, 0) is 20.3 Å². The van der Waals surface area contributed by atoms with Crippen LogP contribution in [0.2, 0.25) is 0 Å². The van der Waals surface area contributed by atoms with E-state index >= 15 is 0 Å². The van der Waals surface area contributed by atoms with Crippen molar-refractivity contribution in [3.8, 4) is 5.75 Å². The van der Waals surface area contributed by atoms with Gasteiger partial charge in [-0.2, -0.15) is 0 Å². The largest absolute Gasteiger partial charge is 0.462 e. The fourth-order valence-electron chi connectivity index (χ4n) is 3.03. The van der Waals surface area contributed by atoms with Gasteiger partial charge in [-0.3, -0.25) is 0 Å². The van der Waals surface area contributed by atoms with Gasteiger partial charge in [0, 0.05) is 38.7 Å². The fourth-order valence-corrected chi connectivity index (χ4v) is 3.03. The van der Waals surface area contributed by atoms with Crippen molar-refractivity contribution < 1.29 is 14.2 Å². The lowest BCUT2D eigenvalue weighted by molar-refractivity contribution is -0.185. The van der Waals surface area contributed by atoms with Crippen molar-refractivity contribution in [3.05, 3.63) is 28.8 Å². The number of ether oxygens (including phenoxy) is 3. The van der Waals surface area contributed by atoms with Gasteiger partial charge in [0.15, 0.2) is 0 Å². The van der Waals surface area contributed by atoms with Crippen molar-refractivity contribution in [2.24, 2.45) is 0 Å². The second-order valence-electron chi connectivity index (χ2n) is 8.81. The molecule has 130 valence electrons. The van der Waals surface area contributed by atoms with Crippen LogP contribution in [0, 0.1) is 0 Å². The molecule has 0 aliphatic carbocycles. The first kappa shape index (κ1) is 18.3. The molecule has 1 aromatic carbocycles. The SMILES string of the molecule is COC1CC(C)(OC)Oc2c1cc(C(C)(C)C)cc2C(C)(C)C. The molecule has 2 atom stereocenters. The van der Waals surface area contributed by atoms with E-state index in [9.17, 15) is 0 Å². The first-order chi connectivity index (χ1) is 10.4. The van der Waals surface area contributed by atoms with Gasteiger partial charge in [-0.1, -0.05) is 47.6 Å². The van der Waals surface area contributed by atoms with E-state index in [0.29, 0.717) is 6.42 Å². The van der Waals surface area contributed by atoms with Gasteiger partial charge in [0.25, 0.3) is 0 Å². The standard InChI is InChI=1S/C20H32O3/c1-18(2,3)13-10-14-16(21-8)12-20(7,22-9)23-17(14)15(11-13)19(4,5)6/h10-11,16H,12H2,1-9H3. The molecule has 0 saturated carbocycles. The maximum atomic E-state index is 6.32. The number of hydrogen-bond acceptors (Lipinski definition) is 3. The molecule has 0 radical (unpaired) electrons. The molecule has 3 heteroatoms. The summed E-state index contributed by atoms with van der Waals surface area (Å²) < 4.78 is 17.7. The summed E-state index contributed by atoms with van der Waals surface area (Å²) in [5, 5.41) is 0. The van der Waals surface area contributed by atoms with E-state index < -0.39 is 5.79 Å². The summed E-state index contributed by atoms with van der Waals surface area (Å²) in [7, 11) is 3.45. The quantitative estimate of drug-likeness (QED) is 0.757. The van der Waals surface area contributed by atoms with Crippen molar-refractivity contribution >= 4 is 0 Å². The molecule has 0 bridgehead atoms. The first-order valence-corrected chi connectivity index (χ1v) is 8.37. The summed E-state index contributed by atoms with van der Waals surface area (Å²) in [6.07, 6.45) is 0.663. The highest BCUT2D eigenvalue weighted by Gasteiger charge is 2.41. The van der Waals surface area contributed by atoms with E-state index in [2.05, 4.69) is 53.7 Å². The van der Waals surface area contributed by atoms with Crippen LogP contribution in [-0.4, -0.2) is 20.0 Å². The maximum Gasteiger partial charge on any atom is 0.210 e. The normalized spacial score (nSPS) is 25.0. The summed E-state index contributed by atoms with van der Waals surface area (Å²) >= 11 is 0. The Labute approximate surface area is 141 Å². The van der Waals surface area contributed by atoms with Crippen LogP contribution in [0.15, 0.2) is 12.1 Å². The van der Waals surface area contributed by atoms with Crippen LogP contribution < -0.4 is 4.74 Å². The lowest BCUT2D eigenvalue weighted by Crippen LogP contribution is -2.41. The minimum absolute atomic E-state index is 0.0182. The molecule has 0 fully saturated rings. The Balaban J connectivity index is 2.73. The molecular weight excluding hydrogens is 288 g/mol. The fraction of sp³-hybridized carbons (Fsp3) is 0.700. The molecule has 2 rings (SSSR count). The third kappa shape index (κ3) is 3.56. The molecule has 3 nitrogen and oxygen atoms in total. The smallest absolute Gasteiger partial charge is 0.210 e. The minimum atomic E-state index is -0.656. The maximum absolute atomic E-state index is 6.32. The Morgan fingerprint density at radius 3 is 2.09 bits per heavy atom. The van der Waals surface area contributed by atoms with E-state index in [0.717, 1.165) is 11.3 Å². The number of rotatable bonds is 2. The lowest BCUT2D eigenvalue weighted by Gasteiger charge is -2.41. The monoisotopic (exact) mass is 320 g/mol. The van der Waals surface area contributed by atoms with Crippen molar-refractivity contribution in [3.63, 3.8) is 0 Å².